The molecule has 58 heavy (non-hydrogen) atoms. The maximum atomic E-state index is 12.1. The van der Waals surface area contributed by atoms with Crippen LogP contribution in [0.25, 0.3) is 0 Å². The van der Waals surface area contributed by atoms with Gasteiger partial charge in [0.2, 0.25) is 0 Å². The molecule has 0 unspecified atom stereocenters. The number of esters is 1. The van der Waals surface area contributed by atoms with Crippen molar-refractivity contribution < 1.29 is 9.53 Å². The molecule has 0 atom stereocenters. The number of carbonyl (C=O) groups excluding carboxylic acids is 1. The van der Waals surface area contributed by atoms with Gasteiger partial charge in [0, 0.05) is 6.42 Å². The monoisotopic (exact) mass is 815 g/mol. The molecule has 0 aromatic heterocycles. The van der Waals surface area contributed by atoms with Crippen LogP contribution in [0.3, 0.4) is 0 Å². The minimum Gasteiger partial charge on any atom is -0.466 e. The quantitative estimate of drug-likeness (QED) is 0.0347. The second-order valence-corrected chi connectivity index (χ2v) is 18.9. The molecule has 0 bridgehead atoms. The minimum absolute atomic E-state index is 0.0312. The lowest BCUT2D eigenvalue weighted by Crippen LogP contribution is -2.05. The van der Waals surface area contributed by atoms with Gasteiger partial charge in [-0.15, -0.1) is 0 Å². The molecular weight excluding hydrogens is 705 g/mol. The highest BCUT2D eigenvalue weighted by atomic mass is 16.5. The van der Waals surface area contributed by atoms with E-state index >= 15 is 0 Å². The molecule has 346 valence electrons. The Morgan fingerprint density at radius 1 is 0.276 bits per heavy atom. The van der Waals surface area contributed by atoms with Crippen LogP contribution in [0.4, 0.5) is 0 Å². The number of hydrogen-bond acceptors (Lipinski definition) is 2. The average molecular weight is 815 g/mol. The van der Waals surface area contributed by atoms with E-state index in [-0.39, 0.29) is 5.97 Å². The maximum absolute atomic E-state index is 12.1. The van der Waals surface area contributed by atoms with Crippen LogP contribution in [0.1, 0.15) is 335 Å². The summed E-state index contributed by atoms with van der Waals surface area (Å²) in [5.41, 5.74) is 0. The number of ether oxygens (including phenoxy) is 1. The Balaban J connectivity index is 3.16. The van der Waals surface area contributed by atoms with Crippen LogP contribution in [-0.4, -0.2) is 12.6 Å². The van der Waals surface area contributed by atoms with Crippen LogP contribution in [0.2, 0.25) is 0 Å². The molecule has 0 aromatic carbocycles. The fourth-order valence-electron chi connectivity index (χ4n) is 8.78. The Morgan fingerprint density at radius 3 is 0.741 bits per heavy atom. The summed E-state index contributed by atoms with van der Waals surface area (Å²) in [6.07, 6.45) is 73.8. The van der Waals surface area contributed by atoms with E-state index < -0.39 is 0 Å². The predicted molar refractivity (Wildman–Crippen MR) is 262 cm³/mol. The molecule has 0 rings (SSSR count). The lowest BCUT2D eigenvalue weighted by atomic mass is 10.0. The molecule has 0 aliphatic heterocycles. The summed E-state index contributed by atoms with van der Waals surface area (Å²) in [7, 11) is 0. The zero-order chi connectivity index (χ0) is 41.8. The number of allylic oxidation sites excluding steroid dienone is 2. The van der Waals surface area contributed by atoms with Gasteiger partial charge in [0.25, 0.3) is 0 Å². The molecular formula is C56H110O2. The normalized spacial score (nSPS) is 11.7. The van der Waals surface area contributed by atoms with Crippen molar-refractivity contribution in [2.24, 2.45) is 0 Å². The molecule has 0 aromatic rings. The van der Waals surface area contributed by atoms with Crippen LogP contribution in [-0.2, 0) is 9.53 Å². The molecule has 0 radical (unpaired) electrons. The van der Waals surface area contributed by atoms with Gasteiger partial charge >= 0.3 is 5.97 Å². The van der Waals surface area contributed by atoms with E-state index in [1.165, 1.54) is 302 Å². The molecule has 0 spiro atoms. The first-order valence-corrected chi connectivity index (χ1v) is 27.6. The largest absolute Gasteiger partial charge is 0.466 e. The topological polar surface area (TPSA) is 26.3 Å². The Labute approximate surface area is 367 Å². The summed E-state index contributed by atoms with van der Waals surface area (Å²) in [5.74, 6) is 0.0312. The molecule has 2 heteroatoms. The van der Waals surface area contributed by atoms with Crippen molar-refractivity contribution in [3.05, 3.63) is 12.2 Å². The highest BCUT2D eigenvalue weighted by molar-refractivity contribution is 5.69. The highest BCUT2D eigenvalue weighted by Crippen LogP contribution is 2.18. The fourth-order valence-corrected chi connectivity index (χ4v) is 8.78. The van der Waals surface area contributed by atoms with Crippen LogP contribution in [0, 0.1) is 0 Å². The van der Waals surface area contributed by atoms with E-state index in [2.05, 4.69) is 26.0 Å². The van der Waals surface area contributed by atoms with Gasteiger partial charge in [-0.3, -0.25) is 4.79 Å². The molecule has 0 heterocycles. The van der Waals surface area contributed by atoms with Gasteiger partial charge in [-0.1, -0.05) is 302 Å². The summed E-state index contributed by atoms with van der Waals surface area (Å²) >= 11 is 0. The van der Waals surface area contributed by atoms with Crippen LogP contribution < -0.4 is 0 Å². The van der Waals surface area contributed by atoms with Gasteiger partial charge in [0.05, 0.1) is 6.61 Å². The third-order valence-electron chi connectivity index (χ3n) is 12.9. The summed E-state index contributed by atoms with van der Waals surface area (Å²) < 4.78 is 5.51. The van der Waals surface area contributed by atoms with E-state index in [9.17, 15) is 4.79 Å². The Hall–Kier alpha value is -0.790. The first-order valence-electron chi connectivity index (χ1n) is 27.6. The molecule has 0 amide bonds. The fraction of sp³-hybridized carbons (Fsp3) is 0.946. The van der Waals surface area contributed by atoms with Gasteiger partial charge in [-0.2, -0.15) is 0 Å². The van der Waals surface area contributed by atoms with Crippen molar-refractivity contribution in [2.45, 2.75) is 335 Å². The summed E-state index contributed by atoms with van der Waals surface area (Å²) in [6.45, 7) is 5.23. The maximum Gasteiger partial charge on any atom is 0.305 e. The van der Waals surface area contributed by atoms with Gasteiger partial charge in [-0.25, -0.2) is 0 Å². The van der Waals surface area contributed by atoms with Crippen molar-refractivity contribution in [2.75, 3.05) is 6.61 Å². The van der Waals surface area contributed by atoms with Gasteiger partial charge in [0.15, 0.2) is 0 Å². The van der Waals surface area contributed by atoms with E-state index in [0.717, 1.165) is 12.8 Å². The van der Waals surface area contributed by atoms with Crippen molar-refractivity contribution in [1.29, 1.82) is 0 Å². The molecule has 0 aliphatic carbocycles. The van der Waals surface area contributed by atoms with Gasteiger partial charge < -0.3 is 4.74 Å². The first kappa shape index (κ1) is 57.2. The summed E-state index contributed by atoms with van der Waals surface area (Å²) in [4.78, 5) is 12.1. The second-order valence-electron chi connectivity index (χ2n) is 18.9. The highest BCUT2D eigenvalue weighted by Gasteiger charge is 2.03. The SMILES string of the molecule is CCCCCCCCC=CCCCCCCCCCCCCCC(=O)OCCCCCCCCCCCCCCCCCCCCCCCCCCCCCCCC. The predicted octanol–water partition coefficient (Wildman–Crippen LogP) is 20.6. The van der Waals surface area contributed by atoms with E-state index in [1.54, 1.807) is 0 Å². The zero-order valence-corrected chi connectivity index (χ0v) is 40.5. The van der Waals surface area contributed by atoms with Crippen molar-refractivity contribution in [3.8, 4) is 0 Å². The van der Waals surface area contributed by atoms with E-state index in [0.29, 0.717) is 13.0 Å². The zero-order valence-electron chi connectivity index (χ0n) is 40.5. The van der Waals surface area contributed by atoms with Crippen LogP contribution >= 0.6 is 0 Å². The summed E-state index contributed by atoms with van der Waals surface area (Å²) in [5, 5.41) is 0. The van der Waals surface area contributed by atoms with Gasteiger partial charge in [0.1, 0.15) is 0 Å². The average Bonchev–Trinajstić information content (AvgIpc) is 3.23. The van der Waals surface area contributed by atoms with E-state index in [4.69, 9.17) is 4.74 Å². The van der Waals surface area contributed by atoms with Crippen molar-refractivity contribution >= 4 is 5.97 Å². The number of carbonyl (C=O) groups is 1. The Kier molecular flexibility index (Phi) is 53.5. The molecule has 0 saturated heterocycles. The number of hydrogen-bond donors (Lipinski definition) is 0. The van der Waals surface area contributed by atoms with Crippen molar-refractivity contribution in [3.63, 3.8) is 0 Å². The molecule has 0 N–H and O–H groups in total. The number of unbranched alkanes of at least 4 members (excludes halogenated alkanes) is 46. The van der Waals surface area contributed by atoms with E-state index in [1.807, 2.05) is 0 Å². The Morgan fingerprint density at radius 2 is 0.483 bits per heavy atom. The van der Waals surface area contributed by atoms with Crippen LogP contribution in [0.15, 0.2) is 12.2 Å². The van der Waals surface area contributed by atoms with Crippen LogP contribution in [0.5, 0.6) is 0 Å². The first-order chi connectivity index (χ1) is 28.8. The molecule has 0 saturated carbocycles. The second kappa shape index (κ2) is 54.2. The smallest absolute Gasteiger partial charge is 0.305 e. The lowest BCUT2D eigenvalue weighted by Gasteiger charge is -2.06. The molecule has 0 fully saturated rings. The standard InChI is InChI=1S/C56H110O2/c1-3-5-7-9-11-13-15-17-19-21-23-25-26-27-28-29-30-31-32-33-35-37-39-41-43-45-47-49-51-53-55-58-56(57)54-52-50-48-46-44-42-40-38-36-34-24-22-20-18-16-14-12-10-8-6-4-2/h18,20H,3-17,19,21-55H2,1-2H3. The van der Waals surface area contributed by atoms with Crippen molar-refractivity contribution in [1.82, 2.24) is 0 Å². The van der Waals surface area contributed by atoms with Gasteiger partial charge in [-0.05, 0) is 38.5 Å². The lowest BCUT2D eigenvalue weighted by molar-refractivity contribution is -0.143. The molecule has 2 nitrogen and oxygen atoms in total. The third-order valence-corrected chi connectivity index (χ3v) is 12.9. The summed E-state index contributed by atoms with van der Waals surface area (Å²) in [6, 6.07) is 0. The molecule has 0 aliphatic rings. The minimum atomic E-state index is 0.0312. The third kappa shape index (κ3) is 53.2. The Bertz CT molecular complexity index is 758. The number of rotatable bonds is 52.